The van der Waals surface area contributed by atoms with Crippen LogP contribution in [0.3, 0.4) is 0 Å². The molecule has 6 nitrogen and oxygen atoms in total. The van der Waals surface area contributed by atoms with Crippen molar-refractivity contribution in [2.45, 2.75) is 52.0 Å². The van der Waals surface area contributed by atoms with Crippen LogP contribution in [0.2, 0.25) is 0 Å². The van der Waals surface area contributed by atoms with Crippen molar-refractivity contribution in [2.75, 3.05) is 11.9 Å². The number of hydrogen-bond donors (Lipinski definition) is 2. The lowest BCUT2D eigenvalue weighted by Crippen LogP contribution is -2.48. The van der Waals surface area contributed by atoms with Gasteiger partial charge in [0.1, 0.15) is 11.8 Å². The summed E-state index contributed by atoms with van der Waals surface area (Å²) in [4.78, 5) is 30.9. The quantitative estimate of drug-likeness (QED) is 0.695. The van der Waals surface area contributed by atoms with Crippen molar-refractivity contribution in [1.82, 2.24) is 10.3 Å². The van der Waals surface area contributed by atoms with Crippen LogP contribution in [0.1, 0.15) is 43.7 Å². The molecule has 0 aliphatic heterocycles. The number of ether oxygens (including phenoxy) is 1. The van der Waals surface area contributed by atoms with Gasteiger partial charge in [-0.05, 0) is 43.7 Å². The summed E-state index contributed by atoms with van der Waals surface area (Å²) < 4.78 is 5.46. The van der Waals surface area contributed by atoms with Crippen LogP contribution in [-0.4, -0.2) is 29.4 Å². The Labute approximate surface area is 169 Å². The highest BCUT2D eigenvalue weighted by atomic mass is 32.1. The normalized spacial score (nSPS) is 14.7. The SMILES string of the molecule is CC(C)C(NC(=O)COc1ccccc1)C(=O)Nc1nc2c(s1)CCCCC2. The number of nitrogens with one attached hydrogen (secondary N) is 2. The molecule has 1 heterocycles. The van der Waals surface area contributed by atoms with Crippen molar-refractivity contribution < 1.29 is 14.3 Å². The summed E-state index contributed by atoms with van der Waals surface area (Å²) in [5.41, 5.74) is 1.11. The molecule has 0 spiro atoms. The van der Waals surface area contributed by atoms with Gasteiger partial charge < -0.3 is 15.4 Å². The lowest BCUT2D eigenvalue weighted by molar-refractivity contribution is -0.128. The molecule has 1 unspecified atom stereocenters. The van der Waals surface area contributed by atoms with Crippen LogP contribution in [-0.2, 0) is 22.4 Å². The van der Waals surface area contributed by atoms with E-state index in [0.717, 1.165) is 25.0 Å². The van der Waals surface area contributed by atoms with Crippen molar-refractivity contribution in [2.24, 2.45) is 5.92 Å². The van der Waals surface area contributed by atoms with Gasteiger partial charge in [-0.15, -0.1) is 11.3 Å². The fourth-order valence-corrected chi connectivity index (χ4v) is 4.23. The Bertz CT molecular complexity index is 781. The highest BCUT2D eigenvalue weighted by Crippen LogP contribution is 2.29. The minimum atomic E-state index is -0.643. The summed E-state index contributed by atoms with van der Waals surface area (Å²) in [7, 11) is 0. The predicted molar refractivity (Wildman–Crippen MR) is 111 cm³/mol. The summed E-state index contributed by atoms with van der Waals surface area (Å²) in [5.74, 6) is -0.00876. The molecule has 1 aromatic heterocycles. The maximum absolute atomic E-state index is 12.7. The van der Waals surface area contributed by atoms with E-state index in [2.05, 4.69) is 15.6 Å². The van der Waals surface area contributed by atoms with Gasteiger partial charge in [-0.2, -0.15) is 0 Å². The minimum absolute atomic E-state index is 0.0570. The summed E-state index contributed by atoms with van der Waals surface area (Å²) >= 11 is 1.55. The second-order valence-corrected chi connectivity index (χ2v) is 8.41. The number of aromatic nitrogens is 1. The Morgan fingerprint density at radius 3 is 2.64 bits per heavy atom. The third-order valence-electron chi connectivity index (χ3n) is 4.70. The zero-order valence-electron chi connectivity index (χ0n) is 16.4. The molecule has 150 valence electrons. The van der Waals surface area contributed by atoms with E-state index in [0.29, 0.717) is 10.9 Å². The molecule has 7 heteroatoms. The Hall–Kier alpha value is -2.41. The molecule has 0 radical (unpaired) electrons. The van der Waals surface area contributed by atoms with E-state index >= 15 is 0 Å². The van der Waals surface area contributed by atoms with Crippen LogP contribution >= 0.6 is 11.3 Å². The summed E-state index contributed by atoms with van der Waals surface area (Å²) in [5, 5.41) is 6.29. The molecule has 2 amide bonds. The molecule has 0 saturated carbocycles. The molecular formula is C21H27N3O3S. The molecule has 1 atom stereocenters. The molecule has 0 bridgehead atoms. The first kappa shape index (κ1) is 20.3. The van der Waals surface area contributed by atoms with E-state index in [1.54, 1.807) is 23.5 Å². The fourth-order valence-electron chi connectivity index (χ4n) is 3.18. The van der Waals surface area contributed by atoms with E-state index in [4.69, 9.17) is 4.74 Å². The average molecular weight is 402 g/mol. The Morgan fingerprint density at radius 2 is 1.89 bits per heavy atom. The van der Waals surface area contributed by atoms with Gasteiger partial charge in [-0.3, -0.25) is 9.59 Å². The van der Waals surface area contributed by atoms with E-state index < -0.39 is 6.04 Å². The third-order valence-corrected chi connectivity index (χ3v) is 5.78. The summed E-state index contributed by atoms with van der Waals surface area (Å²) in [6.45, 7) is 3.67. The van der Waals surface area contributed by atoms with E-state index in [9.17, 15) is 9.59 Å². The van der Waals surface area contributed by atoms with Gasteiger partial charge in [-0.25, -0.2) is 4.98 Å². The zero-order valence-corrected chi connectivity index (χ0v) is 17.2. The van der Waals surface area contributed by atoms with Crippen molar-refractivity contribution in [3.8, 4) is 5.75 Å². The number of carbonyl (C=O) groups excluding carboxylic acids is 2. The highest BCUT2D eigenvalue weighted by molar-refractivity contribution is 7.15. The fraction of sp³-hybridized carbons (Fsp3) is 0.476. The number of aryl methyl sites for hydroxylation is 2. The predicted octanol–water partition coefficient (Wildman–Crippen LogP) is 3.57. The van der Waals surface area contributed by atoms with Crippen LogP contribution in [0.5, 0.6) is 5.75 Å². The number of hydrogen-bond acceptors (Lipinski definition) is 5. The van der Waals surface area contributed by atoms with Gasteiger partial charge in [0, 0.05) is 4.88 Å². The van der Waals surface area contributed by atoms with Crippen molar-refractivity contribution in [3.05, 3.63) is 40.9 Å². The number of rotatable bonds is 7. The lowest BCUT2D eigenvalue weighted by atomic mass is 10.0. The Morgan fingerprint density at radius 1 is 1.14 bits per heavy atom. The monoisotopic (exact) mass is 401 g/mol. The maximum Gasteiger partial charge on any atom is 0.258 e. The first-order chi connectivity index (χ1) is 13.5. The molecule has 0 saturated heterocycles. The zero-order chi connectivity index (χ0) is 19.9. The number of benzene rings is 1. The highest BCUT2D eigenvalue weighted by Gasteiger charge is 2.26. The summed E-state index contributed by atoms with van der Waals surface area (Å²) in [6, 6.07) is 8.49. The first-order valence-electron chi connectivity index (χ1n) is 9.79. The maximum atomic E-state index is 12.7. The second kappa shape index (κ2) is 9.68. The number of carbonyl (C=O) groups is 2. The van der Waals surface area contributed by atoms with Crippen LogP contribution < -0.4 is 15.4 Å². The van der Waals surface area contributed by atoms with Gasteiger partial charge in [0.2, 0.25) is 5.91 Å². The molecule has 0 fully saturated rings. The van der Waals surface area contributed by atoms with Crippen LogP contribution in [0.25, 0.3) is 0 Å². The molecular weight excluding hydrogens is 374 g/mol. The van der Waals surface area contributed by atoms with E-state index in [1.165, 1.54) is 17.7 Å². The molecule has 1 aromatic carbocycles. The van der Waals surface area contributed by atoms with Gasteiger partial charge in [0.05, 0.1) is 5.69 Å². The second-order valence-electron chi connectivity index (χ2n) is 7.33. The molecule has 3 rings (SSSR count). The molecule has 2 aromatic rings. The standard InChI is InChI=1S/C21H27N3O3S/c1-14(2)19(23-18(25)13-27-15-9-5-3-6-10-15)20(26)24-21-22-16-11-7-4-8-12-17(16)28-21/h3,5-6,9-10,14,19H,4,7-8,11-13H2,1-2H3,(H,23,25)(H,22,24,26). The van der Waals surface area contributed by atoms with Gasteiger partial charge in [0.15, 0.2) is 11.7 Å². The topological polar surface area (TPSA) is 80.3 Å². The van der Waals surface area contributed by atoms with Crippen molar-refractivity contribution in [3.63, 3.8) is 0 Å². The Kier molecular flexibility index (Phi) is 7.03. The summed E-state index contributed by atoms with van der Waals surface area (Å²) in [6.07, 6.45) is 5.56. The third kappa shape index (κ3) is 5.55. The molecule has 2 N–H and O–H groups in total. The first-order valence-corrected chi connectivity index (χ1v) is 10.6. The van der Waals surface area contributed by atoms with Crippen LogP contribution in [0.15, 0.2) is 30.3 Å². The van der Waals surface area contributed by atoms with Crippen molar-refractivity contribution in [1.29, 1.82) is 0 Å². The van der Waals surface area contributed by atoms with Crippen LogP contribution in [0, 0.1) is 5.92 Å². The number of thiazole rings is 1. The number of amides is 2. The minimum Gasteiger partial charge on any atom is -0.484 e. The number of anilines is 1. The van der Waals surface area contributed by atoms with Gasteiger partial charge in [-0.1, -0.05) is 38.5 Å². The number of para-hydroxylation sites is 1. The molecule has 28 heavy (non-hydrogen) atoms. The van der Waals surface area contributed by atoms with Gasteiger partial charge >= 0.3 is 0 Å². The van der Waals surface area contributed by atoms with Gasteiger partial charge in [0.25, 0.3) is 5.91 Å². The number of nitrogens with zero attached hydrogens (tertiary/aromatic N) is 1. The largest absolute Gasteiger partial charge is 0.484 e. The molecule has 1 aliphatic rings. The lowest BCUT2D eigenvalue weighted by Gasteiger charge is -2.21. The number of fused-ring (bicyclic) bond motifs is 1. The van der Waals surface area contributed by atoms with Crippen LogP contribution in [0.4, 0.5) is 5.13 Å². The van der Waals surface area contributed by atoms with E-state index in [1.807, 2.05) is 32.0 Å². The van der Waals surface area contributed by atoms with E-state index in [-0.39, 0.29) is 24.3 Å². The molecule has 1 aliphatic carbocycles. The smallest absolute Gasteiger partial charge is 0.258 e. The Balaban J connectivity index is 1.57. The average Bonchev–Trinajstić information content (AvgIpc) is 2.92. The van der Waals surface area contributed by atoms with Crippen molar-refractivity contribution >= 4 is 28.3 Å².